The molecule has 3 N–H and O–H groups in total. The molecule has 1 fully saturated rings. The number of hydrogen-bond acceptors (Lipinski definition) is 6. The lowest BCUT2D eigenvalue weighted by Crippen LogP contribution is -2.45. The Balaban J connectivity index is 0.000000673. The van der Waals surface area contributed by atoms with Crippen molar-refractivity contribution in [2.75, 3.05) is 31.5 Å². The zero-order valence-corrected chi connectivity index (χ0v) is 21.7. The van der Waals surface area contributed by atoms with E-state index in [1.165, 1.54) is 19.2 Å². The predicted octanol–water partition coefficient (Wildman–Crippen LogP) is 3.28. The number of nitrogens with zero attached hydrogens (tertiary/aromatic N) is 1. The standard InChI is InChI=1S/C23H27N3O5S.C2HF3O2/c1-3-13-24-22(27)18-6-5-14-26(16-18)23(28)17-9-11-19(12-10-17)25-32(29,30)21-8-4-7-20(15-21)31-2;3-2(4,5)1(6)7/h3-4,7-12,15,18,25H,1,5-6,13-14,16H2,2H3,(H,24,27);(H,6,7). The minimum atomic E-state index is -5.08. The number of ether oxygens (including phenoxy) is 1. The second kappa shape index (κ2) is 13.6. The van der Waals surface area contributed by atoms with Crippen LogP contribution in [0.2, 0.25) is 0 Å². The highest BCUT2D eigenvalue weighted by Gasteiger charge is 2.38. The van der Waals surface area contributed by atoms with E-state index in [2.05, 4.69) is 16.6 Å². The molecule has 0 aromatic heterocycles. The summed E-state index contributed by atoms with van der Waals surface area (Å²) < 4.78 is 64.6. The molecule has 10 nitrogen and oxygen atoms in total. The Morgan fingerprint density at radius 3 is 2.38 bits per heavy atom. The van der Waals surface area contributed by atoms with Gasteiger partial charge in [-0.1, -0.05) is 12.1 Å². The molecule has 0 spiro atoms. The summed E-state index contributed by atoms with van der Waals surface area (Å²) in [6.07, 6.45) is -1.98. The number of aliphatic carboxylic acids is 1. The van der Waals surface area contributed by atoms with Crippen LogP contribution in [0.4, 0.5) is 18.9 Å². The van der Waals surface area contributed by atoms with Gasteiger partial charge in [0.15, 0.2) is 0 Å². The van der Waals surface area contributed by atoms with Crippen molar-refractivity contribution in [3.05, 3.63) is 66.7 Å². The van der Waals surface area contributed by atoms with Crippen molar-refractivity contribution in [2.45, 2.75) is 23.9 Å². The molecule has 2 aromatic rings. The van der Waals surface area contributed by atoms with Gasteiger partial charge in [0.1, 0.15) is 5.75 Å². The average Bonchev–Trinajstić information content (AvgIpc) is 2.91. The number of alkyl halides is 3. The third-order valence-corrected chi connectivity index (χ3v) is 6.86. The van der Waals surface area contributed by atoms with Gasteiger partial charge in [-0.2, -0.15) is 13.2 Å². The maximum absolute atomic E-state index is 12.9. The molecule has 0 saturated carbocycles. The number of amides is 2. The van der Waals surface area contributed by atoms with Crippen molar-refractivity contribution in [2.24, 2.45) is 5.92 Å². The Morgan fingerprint density at radius 1 is 1.18 bits per heavy atom. The van der Waals surface area contributed by atoms with E-state index in [1.807, 2.05) is 0 Å². The van der Waals surface area contributed by atoms with Crippen molar-refractivity contribution in [3.63, 3.8) is 0 Å². The van der Waals surface area contributed by atoms with E-state index in [4.69, 9.17) is 14.6 Å². The van der Waals surface area contributed by atoms with Gasteiger partial charge in [0, 0.05) is 37.0 Å². The van der Waals surface area contributed by atoms with Gasteiger partial charge in [-0.15, -0.1) is 6.58 Å². The highest BCUT2D eigenvalue weighted by Crippen LogP contribution is 2.22. The van der Waals surface area contributed by atoms with Gasteiger partial charge in [0.25, 0.3) is 15.9 Å². The third-order valence-electron chi connectivity index (χ3n) is 5.48. The number of carbonyl (C=O) groups is 3. The summed E-state index contributed by atoms with van der Waals surface area (Å²) in [6.45, 7) is 4.92. The largest absolute Gasteiger partial charge is 0.497 e. The number of carboxylic acid groups (broad SMARTS) is 1. The molecule has 1 aliphatic rings. The number of carbonyl (C=O) groups excluding carboxylic acids is 2. The quantitative estimate of drug-likeness (QED) is 0.413. The van der Waals surface area contributed by atoms with Crippen molar-refractivity contribution >= 4 is 33.5 Å². The summed E-state index contributed by atoms with van der Waals surface area (Å²) >= 11 is 0. The summed E-state index contributed by atoms with van der Waals surface area (Å²) in [4.78, 5) is 35.8. The lowest BCUT2D eigenvalue weighted by atomic mass is 9.96. The Labute approximate surface area is 223 Å². The Hall–Kier alpha value is -4.07. The van der Waals surface area contributed by atoms with E-state index in [-0.39, 0.29) is 22.6 Å². The fraction of sp³-hybridized carbons (Fsp3) is 0.320. The van der Waals surface area contributed by atoms with Crippen LogP contribution in [-0.2, 0) is 19.6 Å². The maximum Gasteiger partial charge on any atom is 0.490 e. The van der Waals surface area contributed by atoms with E-state index in [9.17, 15) is 31.2 Å². The molecule has 0 aliphatic carbocycles. The number of piperidine rings is 1. The van der Waals surface area contributed by atoms with Gasteiger partial charge >= 0.3 is 12.1 Å². The minimum absolute atomic E-state index is 0.0751. The van der Waals surface area contributed by atoms with Crippen molar-refractivity contribution in [3.8, 4) is 5.75 Å². The summed E-state index contributed by atoms with van der Waals surface area (Å²) in [5.74, 6) is -2.83. The predicted molar refractivity (Wildman–Crippen MR) is 136 cm³/mol. The Morgan fingerprint density at radius 2 is 1.82 bits per heavy atom. The fourth-order valence-electron chi connectivity index (χ4n) is 3.54. The van der Waals surface area contributed by atoms with Gasteiger partial charge < -0.3 is 20.1 Å². The smallest absolute Gasteiger partial charge is 0.490 e. The molecule has 1 aliphatic heterocycles. The van der Waals surface area contributed by atoms with Crippen molar-refractivity contribution in [1.82, 2.24) is 10.2 Å². The van der Waals surface area contributed by atoms with Gasteiger partial charge in [-0.25, -0.2) is 13.2 Å². The number of sulfonamides is 1. The van der Waals surface area contributed by atoms with Crippen LogP contribution in [0.15, 0.2) is 66.1 Å². The molecule has 1 unspecified atom stereocenters. The monoisotopic (exact) mass is 571 g/mol. The maximum atomic E-state index is 12.9. The second-order valence-electron chi connectivity index (χ2n) is 8.29. The van der Waals surface area contributed by atoms with Crippen LogP contribution in [0.3, 0.4) is 0 Å². The van der Waals surface area contributed by atoms with E-state index in [1.54, 1.807) is 47.4 Å². The highest BCUT2D eigenvalue weighted by atomic mass is 32.2. The molecule has 3 rings (SSSR count). The van der Waals surface area contributed by atoms with Gasteiger partial charge in [0.05, 0.1) is 17.9 Å². The molecule has 1 saturated heterocycles. The molecular formula is C25H28F3N3O7S. The van der Waals surface area contributed by atoms with Crippen LogP contribution in [0.5, 0.6) is 5.75 Å². The lowest BCUT2D eigenvalue weighted by molar-refractivity contribution is -0.192. The lowest BCUT2D eigenvalue weighted by Gasteiger charge is -2.32. The SMILES string of the molecule is C=CCNC(=O)C1CCCN(C(=O)c2ccc(NS(=O)(=O)c3cccc(OC)c3)cc2)C1.O=C(O)C(F)(F)F. The van der Waals surface area contributed by atoms with Crippen LogP contribution in [0, 0.1) is 5.92 Å². The molecule has 212 valence electrons. The molecular weight excluding hydrogens is 543 g/mol. The van der Waals surface area contributed by atoms with Gasteiger partial charge in [-0.3, -0.25) is 14.3 Å². The van der Waals surface area contributed by atoms with Crippen molar-refractivity contribution < 1.29 is 45.8 Å². The number of likely N-dealkylation sites (tertiary alicyclic amines) is 1. The van der Waals surface area contributed by atoms with Crippen LogP contribution in [0.1, 0.15) is 23.2 Å². The summed E-state index contributed by atoms with van der Waals surface area (Å²) in [5, 5.41) is 9.91. The number of nitrogens with one attached hydrogen (secondary N) is 2. The molecule has 1 atom stereocenters. The Bertz CT molecular complexity index is 1280. The zero-order valence-electron chi connectivity index (χ0n) is 20.9. The third kappa shape index (κ3) is 9.32. The number of benzene rings is 2. The minimum Gasteiger partial charge on any atom is -0.497 e. The topological polar surface area (TPSA) is 142 Å². The molecule has 0 bridgehead atoms. The number of carboxylic acids is 1. The highest BCUT2D eigenvalue weighted by molar-refractivity contribution is 7.92. The molecule has 39 heavy (non-hydrogen) atoms. The zero-order chi connectivity index (χ0) is 29.2. The number of hydrogen-bond donors (Lipinski definition) is 3. The van der Waals surface area contributed by atoms with E-state index >= 15 is 0 Å². The molecule has 0 radical (unpaired) electrons. The molecule has 2 aromatic carbocycles. The molecule has 14 heteroatoms. The van der Waals surface area contributed by atoms with Crippen LogP contribution in [0.25, 0.3) is 0 Å². The summed E-state index contributed by atoms with van der Waals surface area (Å²) in [5.41, 5.74) is 0.770. The number of anilines is 1. The van der Waals surface area contributed by atoms with Crippen LogP contribution in [-0.4, -0.2) is 69.1 Å². The normalized spacial score (nSPS) is 15.3. The van der Waals surface area contributed by atoms with Gasteiger partial charge in [-0.05, 0) is 49.2 Å². The van der Waals surface area contributed by atoms with E-state index < -0.39 is 22.2 Å². The second-order valence-corrected chi connectivity index (χ2v) is 9.97. The number of methoxy groups -OCH3 is 1. The summed E-state index contributed by atoms with van der Waals surface area (Å²) in [7, 11) is -2.34. The molecule has 2 amide bonds. The number of rotatable bonds is 8. The van der Waals surface area contributed by atoms with E-state index in [0.29, 0.717) is 36.6 Å². The first-order valence-corrected chi connectivity index (χ1v) is 13.0. The molecule has 1 heterocycles. The summed E-state index contributed by atoms with van der Waals surface area (Å²) in [6, 6.07) is 12.4. The fourth-order valence-corrected chi connectivity index (χ4v) is 4.63. The number of halogens is 3. The first-order chi connectivity index (χ1) is 18.3. The van der Waals surface area contributed by atoms with E-state index in [0.717, 1.165) is 12.8 Å². The van der Waals surface area contributed by atoms with Gasteiger partial charge in [0.2, 0.25) is 5.91 Å². The van der Waals surface area contributed by atoms with Crippen LogP contribution < -0.4 is 14.8 Å². The Kier molecular flexibility index (Phi) is 10.9. The average molecular weight is 572 g/mol. The first-order valence-electron chi connectivity index (χ1n) is 11.5. The van der Waals surface area contributed by atoms with Crippen molar-refractivity contribution in [1.29, 1.82) is 0 Å². The van der Waals surface area contributed by atoms with Crippen LogP contribution >= 0.6 is 0 Å². The first kappa shape index (κ1) is 31.1.